The highest BCUT2D eigenvalue weighted by atomic mass is 16.5. The predicted octanol–water partition coefficient (Wildman–Crippen LogP) is 0.337. The quantitative estimate of drug-likeness (QED) is 0.601. The molecule has 1 atom stereocenters. The van der Waals surface area contributed by atoms with Crippen LogP contribution < -0.4 is 20.8 Å². The predicted molar refractivity (Wildman–Crippen MR) is 90.3 cm³/mol. The number of hydrogen-bond acceptors (Lipinski definition) is 5. The SMILES string of the molecule is O=C1N=c2cccc(OCC(O)CNCCc3ccc(O)cc3)c2=N1. The van der Waals surface area contributed by atoms with Crippen LogP contribution in [0.5, 0.6) is 11.5 Å². The Morgan fingerprint density at radius 2 is 1.92 bits per heavy atom. The number of aliphatic hydroxyl groups excluding tert-OH is 1. The lowest BCUT2D eigenvalue weighted by Gasteiger charge is -2.13. The standard InChI is InChI=1S/C18H19N3O4/c22-13-6-4-12(5-7-13)8-9-19-10-14(23)11-25-16-3-1-2-15-17(16)21-18(24)20-15/h1-7,14,19,22-23H,8-11H2. The number of phenolic OH excluding ortho intramolecular Hbond substituents is 1. The van der Waals surface area contributed by atoms with Crippen LogP contribution in [0.2, 0.25) is 0 Å². The third kappa shape index (κ3) is 4.62. The molecular formula is C18H19N3O4. The Balaban J connectivity index is 1.42. The Hall–Kier alpha value is -2.77. The van der Waals surface area contributed by atoms with Crippen molar-refractivity contribution in [2.24, 2.45) is 9.98 Å². The monoisotopic (exact) mass is 341 g/mol. The van der Waals surface area contributed by atoms with Crippen molar-refractivity contribution in [2.75, 3.05) is 19.7 Å². The maximum Gasteiger partial charge on any atom is 0.368 e. The summed E-state index contributed by atoms with van der Waals surface area (Å²) in [5.74, 6) is 0.688. The molecule has 2 amide bonds. The van der Waals surface area contributed by atoms with E-state index in [-0.39, 0.29) is 12.4 Å². The van der Waals surface area contributed by atoms with E-state index in [0.717, 1.165) is 12.0 Å². The number of ether oxygens (including phenoxy) is 1. The van der Waals surface area contributed by atoms with E-state index in [0.29, 0.717) is 29.6 Å². The van der Waals surface area contributed by atoms with Crippen LogP contribution in [0.4, 0.5) is 4.79 Å². The van der Waals surface area contributed by atoms with Gasteiger partial charge < -0.3 is 20.3 Å². The van der Waals surface area contributed by atoms with Crippen LogP contribution in [0.25, 0.3) is 0 Å². The van der Waals surface area contributed by atoms with Crippen molar-refractivity contribution < 1.29 is 19.7 Å². The number of hydrogen-bond donors (Lipinski definition) is 3. The molecule has 1 aliphatic heterocycles. The topological polar surface area (TPSA) is 104 Å². The second-order valence-corrected chi connectivity index (χ2v) is 5.72. The molecule has 0 fully saturated rings. The van der Waals surface area contributed by atoms with Crippen LogP contribution in [-0.4, -0.2) is 42.0 Å². The zero-order valence-electron chi connectivity index (χ0n) is 13.6. The van der Waals surface area contributed by atoms with Crippen molar-refractivity contribution in [3.05, 3.63) is 58.7 Å². The van der Waals surface area contributed by atoms with Gasteiger partial charge in [-0.25, -0.2) is 4.79 Å². The number of carbonyl (C=O) groups excluding carboxylic acids is 1. The van der Waals surface area contributed by atoms with Gasteiger partial charge in [0.2, 0.25) is 0 Å². The maximum atomic E-state index is 11.2. The van der Waals surface area contributed by atoms with E-state index in [4.69, 9.17) is 4.74 Å². The van der Waals surface area contributed by atoms with E-state index in [1.54, 1.807) is 30.3 Å². The Morgan fingerprint density at radius 3 is 2.72 bits per heavy atom. The number of aliphatic hydroxyl groups is 1. The van der Waals surface area contributed by atoms with Crippen LogP contribution in [0.3, 0.4) is 0 Å². The summed E-state index contributed by atoms with van der Waals surface area (Å²) in [6, 6.07) is 11.6. The van der Waals surface area contributed by atoms with Crippen molar-refractivity contribution in [3.8, 4) is 11.5 Å². The first kappa shape index (κ1) is 17.1. The third-order valence-electron chi connectivity index (χ3n) is 3.74. The lowest BCUT2D eigenvalue weighted by atomic mass is 10.1. The highest BCUT2D eigenvalue weighted by molar-refractivity contribution is 5.77. The smallest absolute Gasteiger partial charge is 0.368 e. The zero-order chi connectivity index (χ0) is 17.6. The van der Waals surface area contributed by atoms with Gasteiger partial charge in [0.15, 0.2) is 0 Å². The Bertz CT molecular complexity index is 865. The van der Waals surface area contributed by atoms with E-state index >= 15 is 0 Å². The molecule has 1 aliphatic rings. The van der Waals surface area contributed by atoms with Crippen molar-refractivity contribution >= 4 is 6.03 Å². The minimum absolute atomic E-state index is 0.0897. The molecule has 25 heavy (non-hydrogen) atoms. The Labute approximate surface area is 144 Å². The van der Waals surface area contributed by atoms with E-state index in [2.05, 4.69) is 15.3 Å². The largest absolute Gasteiger partial charge is 0.508 e. The van der Waals surface area contributed by atoms with Gasteiger partial charge in [-0.15, -0.1) is 0 Å². The highest BCUT2D eigenvalue weighted by Crippen LogP contribution is 2.09. The highest BCUT2D eigenvalue weighted by Gasteiger charge is 2.11. The fourth-order valence-electron chi connectivity index (χ4n) is 2.46. The Morgan fingerprint density at radius 1 is 1.12 bits per heavy atom. The molecule has 3 rings (SSSR count). The first-order valence-corrected chi connectivity index (χ1v) is 8.02. The number of fused-ring (bicyclic) bond motifs is 1. The molecule has 130 valence electrons. The fraction of sp³-hybridized carbons (Fsp3) is 0.278. The summed E-state index contributed by atoms with van der Waals surface area (Å²) < 4.78 is 5.56. The number of phenols is 1. The summed E-state index contributed by atoms with van der Waals surface area (Å²) in [7, 11) is 0. The van der Waals surface area contributed by atoms with Gasteiger partial charge in [-0.3, -0.25) is 0 Å². The molecule has 0 bridgehead atoms. The molecule has 2 aromatic carbocycles. The van der Waals surface area contributed by atoms with Crippen molar-refractivity contribution in [3.63, 3.8) is 0 Å². The summed E-state index contributed by atoms with van der Waals surface area (Å²) in [6.07, 6.45) is 0.104. The molecule has 0 aliphatic carbocycles. The molecule has 0 saturated heterocycles. The molecule has 7 heteroatoms. The van der Waals surface area contributed by atoms with E-state index < -0.39 is 12.1 Å². The average molecular weight is 341 g/mol. The molecule has 7 nitrogen and oxygen atoms in total. The molecule has 0 radical (unpaired) electrons. The summed E-state index contributed by atoms with van der Waals surface area (Å²) >= 11 is 0. The Kier molecular flexibility index (Phi) is 5.37. The second-order valence-electron chi connectivity index (χ2n) is 5.72. The zero-order valence-corrected chi connectivity index (χ0v) is 13.6. The lowest BCUT2D eigenvalue weighted by molar-refractivity contribution is 0.106. The first-order chi connectivity index (χ1) is 12.1. The van der Waals surface area contributed by atoms with Gasteiger partial charge in [-0.2, -0.15) is 9.98 Å². The van der Waals surface area contributed by atoms with Crippen LogP contribution in [0, 0.1) is 0 Å². The van der Waals surface area contributed by atoms with Gasteiger partial charge >= 0.3 is 6.03 Å². The second kappa shape index (κ2) is 7.87. The van der Waals surface area contributed by atoms with Gasteiger partial charge in [0, 0.05) is 6.54 Å². The third-order valence-corrected chi connectivity index (χ3v) is 3.74. The molecule has 3 N–H and O–H groups in total. The minimum atomic E-state index is -0.690. The maximum absolute atomic E-state index is 11.2. The van der Waals surface area contributed by atoms with Gasteiger partial charge in [0.05, 0.1) is 5.36 Å². The van der Waals surface area contributed by atoms with Gasteiger partial charge in [-0.1, -0.05) is 18.2 Å². The molecule has 1 heterocycles. The molecule has 0 aromatic heterocycles. The summed E-state index contributed by atoms with van der Waals surface area (Å²) in [4.78, 5) is 18.8. The molecule has 0 spiro atoms. The van der Waals surface area contributed by atoms with Gasteiger partial charge in [-0.05, 0) is 42.8 Å². The molecule has 2 aromatic rings. The number of amides is 2. The number of rotatable bonds is 8. The molecule has 0 saturated carbocycles. The average Bonchev–Trinajstić information content (AvgIpc) is 2.99. The number of nitrogens with one attached hydrogen (secondary N) is 1. The number of benzene rings is 2. The van der Waals surface area contributed by atoms with E-state index in [9.17, 15) is 15.0 Å². The van der Waals surface area contributed by atoms with Crippen molar-refractivity contribution in [2.45, 2.75) is 12.5 Å². The first-order valence-electron chi connectivity index (χ1n) is 8.02. The molecular weight excluding hydrogens is 322 g/mol. The lowest BCUT2D eigenvalue weighted by Crippen LogP contribution is -2.34. The van der Waals surface area contributed by atoms with Crippen molar-refractivity contribution in [1.29, 1.82) is 0 Å². The number of aromatic hydroxyl groups is 1. The number of carbonyl (C=O) groups is 1. The fourth-order valence-corrected chi connectivity index (χ4v) is 2.46. The van der Waals surface area contributed by atoms with Gasteiger partial charge in [0.25, 0.3) is 0 Å². The summed E-state index contributed by atoms with van der Waals surface area (Å²) in [5.41, 5.74) is 1.10. The molecule has 1 unspecified atom stereocenters. The van der Waals surface area contributed by atoms with Crippen LogP contribution in [0.1, 0.15) is 5.56 Å². The van der Waals surface area contributed by atoms with E-state index in [1.165, 1.54) is 0 Å². The summed E-state index contributed by atoms with van der Waals surface area (Å²) in [6.45, 7) is 1.17. The summed E-state index contributed by atoms with van der Waals surface area (Å²) in [5, 5.41) is 23.3. The van der Waals surface area contributed by atoms with Crippen molar-refractivity contribution in [1.82, 2.24) is 5.32 Å². The van der Waals surface area contributed by atoms with Crippen LogP contribution in [0.15, 0.2) is 52.4 Å². The number of urea groups is 1. The van der Waals surface area contributed by atoms with Gasteiger partial charge in [0.1, 0.15) is 29.6 Å². The minimum Gasteiger partial charge on any atom is -0.508 e. The number of nitrogens with zero attached hydrogens (tertiary/aromatic N) is 2. The van der Waals surface area contributed by atoms with Crippen LogP contribution in [-0.2, 0) is 6.42 Å². The van der Waals surface area contributed by atoms with E-state index in [1.807, 2.05) is 12.1 Å². The van der Waals surface area contributed by atoms with Crippen LogP contribution >= 0.6 is 0 Å². The normalized spacial score (nSPS) is 13.7. The number of para-hydroxylation sites is 1.